The molecule has 0 saturated heterocycles. The molecule has 56 valence electrons. The minimum atomic E-state index is -2.95. The van der Waals surface area contributed by atoms with Crippen molar-refractivity contribution < 1.29 is 8.42 Å². The lowest BCUT2D eigenvalue weighted by Gasteiger charge is -2.00. The highest BCUT2D eigenvalue weighted by Crippen LogP contribution is 2.23. The molecule has 0 saturated carbocycles. The highest BCUT2D eigenvalue weighted by atomic mass is 35.5. The topological polar surface area (TPSA) is 34.1 Å². The second kappa shape index (κ2) is 3.68. The fraction of sp³-hybridized carbons (Fsp3) is 1.00. The lowest BCUT2D eigenvalue weighted by Crippen LogP contribution is -1.96. The Labute approximate surface area is 64.3 Å². The van der Waals surface area contributed by atoms with Crippen LogP contribution in [-0.2, 0) is 8.87 Å². The van der Waals surface area contributed by atoms with Crippen LogP contribution in [0, 0.1) is 0 Å². The zero-order valence-electron chi connectivity index (χ0n) is 5.30. The first-order valence-corrected chi connectivity index (χ1v) is 6.20. The monoisotopic (exact) mass is 188 g/mol. The van der Waals surface area contributed by atoms with Gasteiger partial charge in [-0.05, 0) is 17.2 Å². The molecule has 1 unspecified atom stereocenters. The van der Waals surface area contributed by atoms with Crippen LogP contribution in [0.2, 0.25) is 0 Å². The van der Waals surface area contributed by atoms with E-state index in [2.05, 4.69) is 0 Å². The van der Waals surface area contributed by atoms with E-state index in [1.807, 2.05) is 6.92 Å². The molecular formula is C4H9ClO2S2. The maximum Gasteiger partial charge on any atom is 0.200 e. The molecule has 0 radical (unpaired) electrons. The first kappa shape index (κ1) is 9.59. The molecule has 0 heterocycles. The van der Waals surface area contributed by atoms with Crippen LogP contribution in [0.5, 0.6) is 0 Å². The predicted octanol–water partition coefficient (Wildman–Crippen LogP) is 1.65. The maximum absolute atomic E-state index is 10.5. The van der Waals surface area contributed by atoms with E-state index < -0.39 is 8.87 Å². The van der Waals surface area contributed by atoms with Gasteiger partial charge in [0.05, 0.1) is 4.71 Å². The van der Waals surface area contributed by atoms with Crippen molar-refractivity contribution in [1.82, 2.24) is 0 Å². The van der Waals surface area contributed by atoms with Crippen LogP contribution in [0.15, 0.2) is 0 Å². The SMILES string of the molecule is CCC(Cl)SS(C)(=O)=O. The third-order valence-electron chi connectivity index (χ3n) is 0.600. The van der Waals surface area contributed by atoms with Crippen molar-refractivity contribution in [3.05, 3.63) is 0 Å². The van der Waals surface area contributed by atoms with Gasteiger partial charge in [0.2, 0.25) is 0 Å². The summed E-state index contributed by atoms with van der Waals surface area (Å²) in [5.41, 5.74) is 0. The fourth-order valence-electron chi connectivity index (χ4n) is 0.258. The summed E-state index contributed by atoms with van der Waals surface area (Å²) in [6, 6.07) is 0. The predicted molar refractivity (Wildman–Crippen MR) is 42.4 cm³/mol. The van der Waals surface area contributed by atoms with Gasteiger partial charge in [-0.3, -0.25) is 0 Å². The molecule has 0 aliphatic rings. The quantitative estimate of drug-likeness (QED) is 0.499. The summed E-state index contributed by atoms with van der Waals surface area (Å²) in [5, 5.41) is 0. The Hall–Kier alpha value is 0.590. The van der Waals surface area contributed by atoms with Crippen molar-refractivity contribution in [2.75, 3.05) is 6.26 Å². The van der Waals surface area contributed by atoms with Gasteiger partial charge in [0.1, 0.15) is 0 Å². The second-order valence-electron chi connectivity index (χ2n) is 1.62. The van der Waals surface area contributed by atoms with E-state index in [1.165, 1.54) is 0 Å². The smallest absolute Gasteiger partial charge is 0.200 e. The highest BCUT2D eigenvalue weighted by Gasteiger charge is 2.09. The minimum absolute atomic E-state index is 0.306. The van der Waals surface area contributed by atoms with E-state index in [0.29, 0.717) is 6.42 Å². The summed E-state index contributed by atoms with van der Waals surface area (Å²) in [5.74, 6) is 0. The molecule has 0 rings (SSSR count). The number of hydrogen-bond acceptors (Lipinski definition) is 3. The Morgan fingerprint density at radius 1 is 1.67 bits per heavy atom. The largest absolute Gasteiger partial charge is 0.218 e. The van der Waals surface area contributed by atoms with Crippen molar-refractivity contribution >= 4 is 31.3 Å². The van der Waals surface area contributed by atoms with Gasteiger partial charge in [-0.15, -0.1) is 11.6 Å². The van der Waals surface area contributed by atoms with Crippen LogP contribution in [0.3, 0.4) is 0 Å². The molecule has 0 aromatic heterocycles. The third kappa shape index (κ3) is 6.48. The Bertz CT molecular complexity index is 163. The summed E-state index contributed by atoms with van der Waals surface area (Å²) >= 11 is 5.53. The zero-order valence-corrected chi connectivity index (χ0v) is 7.68. The number of alkyl halides is 1. The molecule has 0 aromatic carbocycles. The van der Waals surface area contributed by atoms with Crippen molar-refractivity contribution in [3.8, 4) is 0 Å². The molecular weight excluding hydrogens is 180 g/mol. The van der Waals surface area contributed by atoms with Crippen molar-refractivity contribution in [1.29, 1.82) is 0 Å². The van der Waals surface area contributed by atoms with Crippen molar-refractivity contribution in [3.63, 3.8) is 0 Å². The normalized spacial score (nSPS) is 15.4. The average molecular weight is 189 g/mol. The van der Waals surface area contributed by atoms with Crippen LogP contribution in [0.1, 0.15) is 13.3 Å². The van der Waals surface area contributed by atoms with Crippen molar-refractivity contribution in [2.24, 2.45) is 0 Å². The molecule has 1 atom stereocenters. The van der Waals surface area contributed by atoms with E-state index in [0.717, 1.165) is 17.0 Å². The van der Waals surface area contributed by atoms with Crippen LogP contribution in [0.4, 0.5) is 0 Å². The van der Waals surface area contributed by atoms with Gasteiger partial charge >= 0.3 is 0 Å². The van der Waals surface area contributed by atoms with Gasteiger partial charge in [-0.2, -0.15) is 0 Å². The lowest BCUT2D eigenvalue weighted by atomic mass is 10.6. The minimum Gasteiger partial charge on any atom is -0.218 e. The number of hydrogen-bond donors (Lipinski definition) is 0. The molecule has 0 amide bonds. The molecule has 0 spiro atoms. The average Bonchev–Trinajstić information content (AvgIpc) is 1.62. The molecule has 0 aliphatic heterocycles. The van der Waals surface area contributed by atoms with E-state index in [9.17, 15) is 8.42 Å². The van der Waals surface area contributed by atoms with Crippen LogP contribution in [0.25, 0.3) is 0 Å². The molecule has 0 aliphatic carbocycles. The third-order valence-corrected chi connectivity index (χ3v) is 4.13. The van der Waals surface area contributed by atoms with Gasteiger partial charge < -0.3 is 0 Å². The standard InChI is InChI=1S/C4H9ClO2S2/c1-3-4(5)8-9(2,6)7/h4H,3H2,1-2H3. The molecule has 0 bridgehead atoms. The van der Waals surface area contributed by atoms with Crippen molar-refractivity contribution in [2.45, 2.75) is 18.1 Å². The molecule has 0 fully saturated rings. The molecule has 5 heteroatoms. The van der Waals surface area contributed by atoms with E-state index in [4.69, 9.17) is 11.6 Å². The van der Waals surface area contributed by atoms with Gasteiger partial charge in [-0.25, -0.2) is 8.42 Å². The van der Waals surface area contributed by atoms with Crippen LogP contribution < -0.4 is 0 Å². The zero-order chi connectivity index (χ0) is 7.49. The lowest BCUT2D eigenvalue weighted by molar-refractivity contribution is 0.615. The Balaban J connectivity index is 3.75. The van der Waals surface area contributed by atoms with E-state index in [-0.39, 0.29) is 4.71 Å². The Morgan fingerprint density at radius 2 is 2.11 bits per heavy atom. The van der Waals surface area contributed by atoms with E-state index in [1.54, 1.807) is 0 Å². The summed E-state index contributed by atoms with van der Waals surface area (Å²) in [4.78, 5) is 0. The summed E-state index contributed by atoms with van der Waals surface area (Å²) in [6.45, 7) is 1.84. The summed E-state index contributed by atoms with van der Waals surface area (Å²) in [6.07, 6.45) is 1.82. The molecule has 0 N–H and O–H groups in total. The van der Waals surface area contributed by atoms with Gasteiger partial charge in [-0.1, -0.05) is 6.92 Å². The fourth-order valence-corrected chi connectivity index (χ4v) is 3.51. The summed E-state index contributed by atoms with van der Waals surface area (Å²) in [7, 11) is -2.16. The molecule has 9 heavy (non-hydrogen) atoms. The van der Waals surface area contributed by atoms with E-state index >= 15 is 0 Å². The van der Waals surface area contributed by atoms with Gasteiger partial charge in [0.25, 0.3) is 0 Å². The van der Waals surface area contributed by atoms with Gasteiger partial charge in [0.15, 0.2) is 8.87 Å². The Morgan fingerprint density at radius 3 is 2.22 bits per heavy atom. The van der Waals surface area contributed by atoms with Crippen LogP contribution >= 0.6 is 22.4 Å². The highest BCUT2D eigenvalue weighted by molar-refractivity contribution is 8.72. The molecule has 2 nitrogen and oxygen atoms in total. The first-order valence-electron chi connectivity index (χ1n) is 2.48. The number of halogens is 1. The van der Waals surface area contributed by atoms with Crippen LogP contribution in [-0.4, -0.2) is 19.4 Å². The summed E-state index contributed by atoms with van der Waals surface area (Å²) < 4.78 is 20.7. The maximum atomic E-state index is 10.5. The molecule has 0 aromatic rings. The Kier molecular flexibility index (Phi) is 3.93. The van der Waals surface area contributed by atoms with Gasteiger partial charge in [0, 0.05) is 6.26 Å². The first-order chi connectivity index (χ1) is 3.95. The second-order valence-corrected chi connectivity index (χ2v) is 6.97. The number of rotatable bonds is 3.